The van der Waals surface area contributed by atoms with Crippen molar-refractivity contribution in [2.45, 2.75) is 36.5 Å². The van der Waals surface area contributed by atoms with Gasteiger partial charge in [-0.05, 0) is 72.2 Å². The third-order valence-corrected chi connectivity index (χ3v) is 10.4. The monoisotopic (exact) mass is 694 g/mol. The lowest BCUT2D eigenvalue weighted by Crippen LogP contribution is -2.19. The topological polar surface area (TPSA) is 161 Å². The van der Waals surface area contributed by atoms with Crippen LogP contribution in [-0.2, 0) is 20.4 Å². The molecule has 5 N–H and O–H groups in total. The lowest BCUT2D eigenvalue weighted by Gasteiger charge is -2.12. The number of aliphatic carboxylic acids is 2. The third-order valence-electron chi connectivity index (χ3n) is 9.74. The number of carbonyl (C=O) groups is 4. The minimum atomic E-state index is -1.01. The molecule has 11 heteroatoms. The average molecular weight is 696 g/mol. The zero-order chi connectivity index (χ0) is 34.7. The van der Waals surface area contributed by atoms with Crippen molar-refractivity contribution >= 4 is 69.2 Å². The molecular formula is C38H28Cl2N2O7. The van der Waals surface area contributed by atoms with Crippen LogP contribution in [0.2, 0.25) is 10.0 Å². The SMILES string of the molecule is O=C(O)c1c[nH]c2cc(Cl)c(-c3ccc(C4(C(=O)O)CC4)cc3)cc12.O=Cc1c[nH]c2cc(Cl)c(-c3ccc(C4(C(=O)O)CC4)cc3)cc12. The normalized spacial score (nSPS) is 15.3. The molecule has 0 amide bonds. The molecule has 8 rings (SSSR count). The second-order valence-electron chi connectivity index (χ2n) is 12.6. The summed E-state index contributed by atoms with van der Waals surface area (Å²) in [7, 11) is 0. The van der Waals surface area contributed by atoms with Crippen LogP contribution in [0.4, 0.5) is 0 Å². The highest BCUT2D eigenvalue weighted by Gasteiger charge is 2.52. The van der Waals surface area contributed by atoms with Crippen LogP contribution in [0.25, 0.3) is 44.1 Å². The first kappa shape index (κ1) is 32.2. The van der Waals surface area contributed by atoms with E-state index in [-0.39, 0.29) is 5.56 Å². The van der Waals surface area contributed by atoms with Crippen LogP contribution in [0.5, 0.6) is 0 Å². The molecule has 0 atom stereocenters. The third kappa shape index (κ3) is 5.54. The highest BCUT2D eigenvalue weighted by molar-refractivity contribution is 6.35. The maximum Gasteiger partial charge on any atom is 0.337 e. The fourth-order valence-corrected chi connectivity index (χ4v) is 7.01. The van der Waals surface area contributed by atoms with E-state index >= 15 is 0 Å². The number of fused-ring (bicyclic) bond motifs is 2. The van der Waals surface area contributed by atoms with Gasteiger partial charge in [-0.1, -0.05) is 71.7 Å². The van der Waals surface area contributed by atoms with E-state index in [2.05, 4.69) is 9.97 Å². The van der Waals surface area contributed by atoms with Crippen LogP contribution in [0.3, 0.4) is 0 Å². The molecule has 0 unspecified atom stereocenters. The number of hydrogen-bond donors (Lipinski definition) is 5. The van der Waals surface area contributed by atoms with E-state index in [4.69, 9.17) is 23.2 Å². The van der Waals surface area contributed by atoms with Gasteiger partial charge in [0.2, 0.25) is 0 Å². The number of aromatic carboxylic acids is 1. The lowest BCUT2D eigenvalue weighted by atomic mass is 9.93. The van der Waals surface area contributed by atoms with Gasteiger partial charge in [-0.3, -0.25) is 14.4 Å². The van der Waals surface area contributed by atoms with Crippen molar-refractivity contribution in [3.8, 4) is 22.3 Å². The molecule has 9 nitrogen and oxygen atoms in total. The van der Waals surface area contributed by atoms with E-state index in [0.717, 1.165) is 45.0 Å². The van der Waals surface area contributed by atoms with E-state index < -0.39 is 28.7 Å². The number of nitrogens with one attached hydrogen (secondary N) is 2. The van der Waals surface area contributed by atoms with Gasteiger partial charge in [0.25, 0.3) is 0 Å². The summed E-state index contributed by atoms with van der Waals surface area (Å²) in [5.41, 5.74) is 5.63. The van der Waals surface area contributed by atoms with Crippen LogP contribution in [0.1, 0.15) is 57.5 Å². The van der Waals surface area contributed by atoms with Gasteiger partial charge in [-0.2, -0.15) is 0 Å². The number of carbonyl (C=O) groups excluding carboxylic acids is 1. The van der Waals surface area contributed by atoms with Crippen LogP contribution in [0.15, 0.2) is 85.2 Å². The Morgan fingerprint density at radius 3 is 1.47 bits per heavy atom. The lowest BCUT2D eigenvalue weighted by molar-refractivity contribution is -0.141. The van der Waals surface area contributed by atoms with E-state index in [9.17, 15) is 34.5 Å². The second kappa shape index (κ2) is 11.9. The number of halogens is 2. The molecule has 4 aromatic carbocycles. The number of benzene rings is 4. The zero-order valence-electron chi connectivity index (χ0n) is 25.7. The Kier molecular flexibility index (Phi) is 7.84. The summed E-state index contributed by atoms with van der Waals surface area (Å²) >= 11 is 12.7. The molecule has 0 spiro atoms. The smallest absolute Gasteiger partial charge is 0.337 e. The van der Waals surface area contributed by atoms with Crippen molar-refractivity contribution in [1.29, 1.82) is 0 Å². The van der Waals surface area contributed by atoms with Gasteiger partial charge in [0, 0.05) is 50.9 Å². The number of H-pyrrole nitrogens is 2. The number of hydrogen-bond acceptors (Lipinski definition) is 4. The minimum Gasteiger partial charge on any atom is -0.481 e. The van der Waals surface area contributed by atoms with E-state index in [1.807, 2.05) is 54.6 Å². The average Bonchev–Trinajstić information content (AvgIpc) is 4.00. The van der Waals surface area contributed by atoms with Crippen LogP contribution in [-0.4, -0.2) is 49.5 Å². The Morgan fingerprint density at radius 2 is 1.06 bits per heavy atom. The summed E-state index contributed by atoms with van der Waals surface area (Å²) in [5.74, 6) is -2.57. The molecule has 2 fully saturated rings. The first-order chi connectivity index (χ1) is 23.5. The number of aldehydes is 1. The summed E-state index contributed by atoms with van der Waals surface area (Å²) in [5, 5.41) is 30.5. The minimum absolute atomic E-state index is 0.187. The Labute approximate surface area is 289 Å². The van der Waals surface area contributed by atoms with E-state index in [0.29, 0.717) is 57.8 Å². The quantitative estimate of drug-likeness (QED) is 0.0996. The molecule has 2 heterocycles. The summed E-state index contributed by atoms with van der Waals surface area (Å²) in [6.45, 7) is 0. The van der Waals surface area contributed by atoms with Gasteiger partial charge in [0.1, 0.15) is 0 Å². The van der Waals surface area contributed by atoms with Gasteiger partial charge < -0.3 is 25.3 Å². The van der Waals surface area contributed by atoms with Gasteiger partial charge in [0.05, 0.1) is 26.4 Å². The van der Waals surface area contributed by atoms with Crippen molar-refractivity contribution in [2.24, 2.45) is 0 Å². The molecular weight excluding hydrogens is 667 g/mol. The molecule has 6 aromatic rings. The fraction of sp³-hybridized carbons (Fsp3) is 0.158. The van der Waals surface area contributed by atoms with Crippen LogP contribution < -0.4 is 0 Å². The highest BCUT2D eigenvalue weighted by Crippen LogP contribution is 2.50. The molecule has 0 radical (unpaired) electrons. The van der Waals surface area contributed by atoms with Crippen molar-refractivity contribution in [3.05, 3.63) is 117 Å². The Morgan fingerprint density at radius 1 is 0.633 bits per heavy atom. The van der Waals surface area contributed by atoms with Crippen LogP contribution >= 0.6 is 23.2 Å². The largest absolute Gasteiger partial charge is 0.481 e. The Bertz CT molecular complexity index is 2310. The Balaban J connectivity index is 0.000000154. The molecule has 2 aliphatic carbocycles. The molecule has 0 saturated heterocycles. The number of aromatic nitrogens is 2. The molecule has 2 saturated carbocycles. The second-order valence-corrected chi connectivity index (χ2v) is 13.4. The summed E-state index contributed by atoms with van der Waals surface area (Å²) in [6, 6.07) is 21.9. The Hall–Kier alpha value is -5.38. The molecule has 0 bridgehead atoms. The van der Waals surface area contributed by atoms with Crippen molar-refractivity contribution in [1.82, 2.24) is 9.97 Å². The predicted octanol–water partition coefficient (Wildman–Crippen LogP) is 8.72. The first-order valence-corrected chi connectivity index (χ1v) is 16.2. The van der Waals surface area contributed by atoms with Crippen molar-refractivity contribution in [3.63, 3.8) is 0 Å². The van der Waals surface area contributed by atoms with Crippen molar-refractivity contribution < 1.29 is 34.5 Å². The molecule has 0 aliphatic heterocycles. The van der Waals surface area contributed by atoms with Crippen molar-refractivity contribution in [2.75, 3.05) is 0 Å². The first-order valence-electron chi connectivity index (χ1n) is 15.5. The van der Waals surface area contributed by atoms with Gasteiger partial charge in [-0.25, -0.2) is 4.79 Å². The maximum atomic E-state index is 11.4. The van der Waals surface area contributed by atoms with E-state index in [1.54, 1.807) is 24.4 Å². The predicted molar refractivity (Wildman–Crippen MR) is 187 cm³/mol. The standard InChI is InChI=1S/C19H14ClNO4.C19H14ClNO3/c20-15-8-16-13(14(9-21-16)17(22)23)7-12(15)10-1-3-11(4-2-10)19(5-6-19)18(24)25;20-16-8-17-15(12(10-22)9-21-17)7-14(16)11-1-3-13(4-2-11)19(5-6-19)18(23)24/h1-4,7-9,21H,5-6H2,(H,22,23)(H,24,25);1-4,7-10,21H,5-6H2,(H,23,24). The summed E-state index contributed by atoms with van der Waals surface area (Å²) in [4.78, 5) is 51.2. The molecule has 2 aromatic heterocycles. The van der Waals surface area contributed by atoms with Gasteiger partial charge >= 0.3 is 17.9 Å². The zero-order valence-corrected chi connectivity index (χ0v) is 27.2. The number of carboxylic acids is 3. The molecule has 246 valence electrons. The van der Waals surface area contributed by atoms with Gasteiger partial charge in [0.15, 0.2) is 6.29 Å². The summed E-state index contributed by atoms with van der Waals surface area (Å²) in [6.07, 6.45) is 6.58. The summed E-state index contributed by atoms with van der Waals surface area (Å²) < 4.78 is 0. The highest BCUT2D eigenvalue weighted by atomic mass is 35.5. The van der Waals surface area contributed by atoms with Gasteiger partial charge in [-0.15, -0.1) is 0 Å². The van der Waals surface area contributed by atoms with Crippen LogP contribution in [0, 0.1) is 0 Å². The fourth-order valence-electron chi connectivity index (χ4n) is 6.46. The number of aromatic amines is 2. The number of rotatable bonds is 8. The molecule has 2 aliphatic rings. The molecule has 49 heavy (non-hydrogen) atoms. The number of carboxylic acid groups (broad SMARTS) is 3. The van der Waals surface area contributed by atoms with E-state index in [1.165, 1.54) is 6.20 Å². The maximum absolute atomic E-state index is 11.4.